The molecule has 1 aromatic carbocycles. The minimum atomic E-state index is -3.77. The van der Waals surface area contributed by atoms with Crippen LogP contribution < -0.4 is 10.2 Å². The lowest BCUT2D eigenvalue weighted by molar-refractivity contribution is -0.384. The summed E-state index contributed by atoms with van der Waals surface area (Å²) in [6.07, 6.45) is 0. The maximum Gasteiger partial charge on any atom is 0.293 e. The standard InChI is InChI=1S/C17H27N5O5S/c1-4-21(5-2)28(26,27)14-6-7-15(16(12-14)22(24)25)20-10-8-19(9-11-20)13-17(23)18-3/h6-7,12H,4-5,8-11,13H2,1-3H3,(H,18,23). The SMILES string of the molecule is CCN(CC)S(=O)(=O)c1ccc(N2CCN(CC(=O)NC)CC2)c([N+](=O)[O-])c1. The number of carbonyl (C=O) groups excluding carboxylic acids is 1. The van der Waals surface area contributed by atoms with Crippen LogP contribution in [0.4, 0.5) is 11.4 Å². The van der Waals surface area contributed by atoms with Crippen molar-refractivity contribution in [3.8, 4) is 0 Å². The summed E-state index contributed by atoms with van der Waals surface area (Å²) >= 11 is 0. The number of nitro groups is 1. The third-order valence-corrected chi connectivity index (χ3v) is 6.89. The van der Waals surface area contributed by atoms with E-state index in [4.69, 9.17) is 0 Å². The van der Waals surface area contributed by atoms with Crippen molar-refractivity contribution in [2.75, 3.05) is 57.8 Å². The molecule has 0 saturated carbocycles. The lowest BCUT2D eigenvalue weighted by Crippen LogP contribution is -2.49. The number of benzene rings is 1. The molecule has 1 heterocycles. The van der Waals surface area contributed by atoms with Gasteiger partial charge in [0.1, 0.15) is 5.69 Å². The Labute approximate surface area is 165 Å². The predicted molar refractivity (Wildman–Crippen MR) is 106 cm³/mol. The fraction of sp³-hybridized carbons (Fsp3) is 0.588. The van der Waals surface area contributed by atoms with Gasteiger partial charge < -0.3 is 10.2 Å². The van der Waals surface area contributed by atoms with Crippen molar-refractivity contribution >= 4 is 27.3 Å². The topological polar surface area (TPSA) is 116 Å². The highest BCUT2D eigenvalue weighted by atomic mass is 32.2. The van der Waals surface area contributed by atoms with Crippen LogP contribution in [0.25, 0.3) is 0 Å². The monoisotopic (exact) mass is 413 g/mol. The Morgan fingerprint density at radius 1 is 1.21 bits per heavy atom. The second kappa shape index (κ2) is 9.30. The van der Waals surface area contributed by atoms with Crippen LogP contribution in [0.1, 0.15) is 13.8 Å². The van der Waals surface area contributed by atoms with Crippen molar-refractivity contribution in [3.05, 3.63) is 28.3 Å². The summed E-state index contributed by atoms with van der Waals surface area (Å²) in [6.45, 7) is 6.52. The van der Waals surface area contributed by atoms with Crippen molar-refractivity contribution in [1.29, 1.82) is 0 Å². The number of carbonyl (C=O) groups is 1. The number of nitrogens with one attached hydrogen (secondary N) is 1. The Bertz CT molecular complexity index is 817. The van der Waals surface area contributed by atoms with Gasteiger partial charge in [0.25, 0.3) is 5.69 Å². The highest BCUT2D eigenvalue weighted by Crippen LogP contribution is 2.32. The van der Waals surface area contributed by atoms with E-state index in [1.165, 1.54) is 16.4 Å². The molecule has 0 atom stereocenters. The first-order valence-corrected chi connectivity index (χ1v) is 10.6. The van der Waals surface area contributed by atoms with Crippen LogP contribution in [0.15, 0.2) is 23.1 Å². The van der Waals surface area contributed by atoms with Crippen LogP contribution in [0.2, 0.25) is 0 Å². The van der Waals surface area contributed by atoms with E-state index in [9.17, 15) is 23.3 Å². The van der Waals surface area contributed by atoms with Gasteiger partial charge in [-0.2, -0.15) is 4.31 Å². The molecule has 1 fully saturated rings. The van der Waals surface area contributed by atoms with Gasteiger partial charge in [0, 0.05) is 52.4 Å². The van der Waals surface area contributed by atoms with Gasteiger partial charge in [0.15, 0.2) is 0 Å². The van der Waals surface area contributed by atoms with Gasteiger partial charge in [-0.3, -0.25) is 19.8 Å². The summed E-state index contributed by atoms with van der Waals surface area (Å²) in [6, 6.07) is 4.07. The number of anilines is 1. The molecule has 0 aromatic heterocycles. The smallest absolute Gasteiger partial charge is 0.293 e. The van der Waals surface area contributed by atoms with E-state index in [2.05, 4.69) is 5.32 Å². The van der Waals surface area contributed by atoms with E-state index >= 15 is 0 Å². The molecule has 1 aromatic rings. The number of piperazine rings is 1. The first-order valence-electron chi connectivity index (χ1n) is 9.21. The van der Waals surface area contributed by atoms with Gasteiger partial charge in [-0.05, 0) is 12.1 Å². The van der Waals surface area contributed by atoms with Gasteiger partial charge in [-0.15, -0.1) is 0 Å². The number of hydrogen-bond donors (Lipinski definition) is 1. The fourth-order valence-electron chi connectivity index (χ4n) is 3.22. The molecule has 11 heteroatoms. The fourth-order valence-corrected chi connectivity index (χ4v) is 4.70. The van der Waals surface area contributed by atoms with E-state index in [0.717, 1.165) is 6.07 Å². The quantitative estimate of drug-likeness (QED) is 0.487. The number of amides is 1. The molecule has 156 valence electrons. The highest BCUT2D eigenvalue weighted by molar-refractivity contribution is 7.89. The van der Waals surface area contributed by atoms with Gasteiger partial charge in [-0.25, -0.2) is 8.42 Å². The van der Waals surface area contributed by atoms with E-state index < -0.39 is 14.9 Å². The summed E-state index contributed by atoms with van der Waals surface area (Å²) in [5.41, 5.74) is 0.163. The normalized spacial score (nSPS) is 15.6. The number of likely N-dealkylation sites (N-methyl/N-ethyl adjacent to an activating group) is 1. The number of sulfonamides is 1. The highest BCUT2D eigenvalue weighted by Gasteiger charge is 2.29. The first-order chi connectivity index (χ1) is 13.2. The number of hydrogen-bond acceptors (Lipinski definition) is 7. The van der Waals surface area contributed by atoms with Gasteiger partial charge in [0.2, 0.25) is 15.9 Å². The third-order valence-electron chi connectivity index (χ3n) is 4.85. The lowest BCUT2D eigenvalue weighted by atomic mass is 10.2. The second-order valence-electron chi connectivity index (χ2n) is 6.43. The van der Waals surface area contributed by atoms with Crippen LogP contribution in [-0.2, 0) is 14.8 Å². The predicted octanol–water partition coefficient (Wildman–Crippen LogP) is 0.493. The maximum atomic E-state index is 12.7. The molecule has 0 spiro atoms. The summed E-state index contributed by atoms with van der Waals surface area (Å²) in [5, 5.41) is 14.2. The summed E-state index contributed by atoms with van der Waals surface area (Å²) < 4.78 is 26.6. The van der Waals surface area contributed by atoms with Crippen molar-refractivity contribution in [2.45, 2.75) is 18.7 Å². The number of nitro benzene ring substituents is 1. The van der Waals surface area contributed by atoms with Gasteiger partial charge in [-0.1, -0.05) is 13.8 Å². The van der Waals surface area contributed by atoms with Crippen LogP contribution in [0.5, 0.6) is 0 Å². The molecule has 28 heavy (non-hydrogen) atoms. The molecule has 1 amide bonds. The molecule has 10 nitrogen and oxygen atoms in total. The van der Waals surface area contributed by atoms with E-state index in [1.807, 2.05) is 9.80 Å². The summed E-state index contributed by atoms with van der Waals surface area (Å²) in [5.74, 6) is -0.0783. The molecule has 1 N–H and O–H groups in total. The molecule has 2 rings (SSSR count). The molecule has 1 aliphatic heterocycles. The van der Waals surface area contributed by atoms with Crippen LogP contribution in [-0.4, -0.2) is 81.3 Å². The number of rotatable bonds is 8. The van der Waals surface area contributed by atoms with Gasteiger partial charge >= 0.3 is 0 Å². The minimum absolute atomic E-state index is 0.0783. The van der Waals surface area contributed by atoms with E-state index in [1.54, 1.807) is 20.9 Å². The first kappa shape index (κ1) is 22.1. The van der Waals surface area contributed by atoms with Crippen LogP contribution in [0.3, 0.4) is 0 Å². The molecule has 1 saturated heterocycles. The second-order valence-corrected chi connectivity index (χ2v) is 8.37. The van der Waals surface area contributed by atoms with Gasteiger partial charge in [0.05, 0.1) is 16.4 Å². The molecular formula is C17H27N5O5S. The zero-order chi connectivity index (χ0) is 20.9. The molecule has 0 bridgehead atoms. The van der Waals surface area contributed by atoms with Crippen LogP contribution in [0, 0.1) is 10.1 Å². The third kappa shape index (κ3) is 4.78. The summed E-state index contributed by atoms with van der Waals surface area (Å²) in [7, 11) is -2.19. The molecule has 0 radical (unpaired) electrons. The van der Waals surface area contributed by atoms with E-state index in [0.29, 0.717) is 45.0 Å². The average molecular weight is 414 g/mol. The zero-order valence-electron chi connectivity index (χ0n) is 16.4. The van der Waals surface area contributed by atoms with E-state index in [-0.39, 0.29) is 23.0 Å². The average Bonchev–Trinajstić information content (AvgIpc) is 2.68. The summed E-state index contributed by atoms with van der Waals surface area (Å²) in [4.78, 5) is 26.3. The molecular weight excluding hydrogens is 386 g/mol. The van der Waals surface area contributed by atoms with Crippen molar-refractivity contribution in [3.63, 3.8) is 0 Å². The Hall–Kier alpha value is -2.24. The Balaban J connectivity index is 2.25. The lowest BCUT2D eigenvalue weighted by Gasteiger charge is -2.35. The molecule has 1 aliphatic rings. The van der Waals surface area contributed by atoms with Crippen molar-refractivity contribution < 1.29 is 18.1 Å². The Morgan fingerprint density at radius 3 is 2.32 bits per heavy atom. The minimum Gasteiger partial charge on any atom is -0.363 e. The maximum absolute atomic E-state index is 12.7. The van der Waals surface area contributed by atoms with Crippen molar-refractivity contribution in [2.24, 2.45) is 0 Å². The van der Waals surface area contributed by atoms with Crippen molar-refractivity contribution in [1.82, 2.24) is 14.5 Å². The largest absolute Gasteiger partial charge is 0.363 e. The zero-order valence-corrected chi connectivity index (χ0v) is 17.2. The Kier molecular flexibility index (Phi) is 7.33. The number of nitrogens with zero attached hydrogens (tertiary/aromatic N) is 4. The van der Waals surface area contributed by atoms with Crippen LogP contribution >= 0.6 is 0 Å². The Morgan fingerprint density at radius 2 is 1.82 bits per heavy atom. The molecule has 0 unspecified atom stereocenters. The molecule has 0 aliphatic carbocycles.